The van der Waals surface area contributed by atoms with Gasteiger partial charge in [-0.15, -0.1) is 0 Å². The van der Waals surface area contributed by atoms with Gasteiger partial charge in [0, 0.05) is 6.20 Å². The number of likely N-dealkylation sites (N-methyl/N-ethyl adjacent to an activating group) is 1. The number of pyridine rings is 1. The van der Waals surface area contributed by atoms with Crippen LogP contribution in [-0.4, -0.2) is 11.5 Å². The third kappa shape index (κ3) is 3.14. The van der Waals surface area contributed by atoms with Crippen molar-refractivity contribution in [3.8, 4) is 0 Å². The van der Waals surface area contributed by atoms with E-state index in [-0.39, 0.29) is 0 Å². The molecule has 2 nitrogen and oxygen atoms in total. The molecule has 0 amide bonds. The maximum atomic E-state index is 4.52. The molecule has 1 unspecified atom stereocenters. The van der Waals surface area contributed by atoms with Crippen LogP contribution in [0.4, 0.5) is 0 Å². The smallest absolute Gasteiger partial charge is 0.0605 e. The van der Waals surface area contributed by atoms with Gasteiger partial charge in [0.15, 0.2) is 0 Å². The van der Waals surface area contributed by atoms with Crippen LogP contribution in [0.3, 0.4) is 0 Å². The molecule has 0 aromatic carbocycles. The number of thiophene rings is 1. The molecule has 0 fully saturated rings. The molecule has 0 saturated heterocycles. The number of nitrogens with zero attached hydrogens (tertiary/aromatic N) is 1. The summed E-state index contributed by atoms with van der Waals surface area (Å²) >= 11 is 1.75. The Morgan fingerprint density at radius 2 is 2.29 bits per heavy atom. The first-order chi connectivity index (χ1) is 8.31. The lowest BCUT2D eigenvalue weighted by molar-refractivity contribution is 0.534. The lowest BCUT2D eigenvalue weighted by Gasteiger charge is -2.18. The topological polar surface area (TPSA) is 24.9 Å². The van der Waals surface area contributed by atoms with Gasteiger partial charge in [-0.05, 0) is 53.9 Å². The van der Waals surface area contributed by atoms with Crippen LogP contribution in [0.2, 0.25) is 0 Å². The summed E-state index contributed by atoms with van der Waals surface area (Å²) in [6.07, 6.45) is 2.88. The minimum Gasteiger partial charge on any atom is -0.309 e. The summed E-state index contributed by atoms with van der Waals surface area (Å²) in [5.74, 6) is 0. The Labute approximate surface area is 107 Å². The number of hydrogen-bond donors (Lipinski definition) is 1. The molecule has 1 atom stereocenters. The van der Waals surface area contributed by atoms with Gasteiger partial charge in [0.2, 0.25) is 0 Å². The third-order valence-electron chi connectivity index (χ3n) is 2.85. The van der Waals surface area contributed by atoms with Crippen LogP contribution in [0.15, 0.2) is 35.2 Å². The zero-order chi connectivity index (χ0) is 12.1. The normalized spacial score (nSPS) is 12.6. The highest BCUT2D eigenvalue weighted by Gasteiger charge is 2.14. The predicted molar refractivity (Wildman–Crippen MR) is 73.4 cm³/mol. The molecule has 2 aromatic heterocycles. The molecule has 1 N–H and O–H groups in total. The van der Waals surface area contributed by atoms with Crippen molar-refractivity contribution in [2.24, 2.45) is 0 Å². The van der Waals surface area contributed by atoms with E-state index < -0.39 is 0 Å². The van der Waals surface area contributed by atoms with E-state index in [1.807, 2.05) is 12.3 Å². The lowest BCUT2D eigenvalue weighted by atomic mass is 10.0. The molecule has 0 aliphatic rings. The van der Waals surface area contributed by atoms with E-state index in [0.717, 1.165) is 13.0 Å². The summed E-state index contributed by atoms with van der Waals surface area (Å²) in [5.41, 5.74) is 3.81. The van der Waals surface area contributed by atoms with E-state index in [9.17, 15) is 0 Å². The average Bonchev–Trinajstić information content (AvgIpc) is 2.82. The van der Waals surface area contributed by atoms with Gasteiger partial charge in [-0.3, -0.25) is 4.98 Å². The van der Waals surface area contributed by atoms with E-state index in [0.29, 0.717) is 6.04 Å². The first-order valence-corrected chi connectivity index (χ1v) is 6.91. The van der Waals surface area contributed by atoms with Crippen molar-refractivity contribution in [1.29, 1.82) is 0 Å². The molecule has 2 heterocycles. The Morgan fingerprint density at radius 3 is 2.94 bits per heavy atom. The summed E-state index contributed by atoms with van der Waals surface area (Å²) < 4.78 is 0. The molecule has 0 aliphatic heterocycles. The van der Waals surface area contributed by atoms with Crippen LogP contribution in [-0.2, 0) is 6.42 Å². The van der Waals surface area contributed by atoms with Crippen LogP contribution < -0.4 is 5.32 Å². The number of rotatable bonds is 5. The molecule has 0 bridgehead atoms. The first-order valence-electron chi connectivity index (χ1n) is 5.97. The molecule has 2 rings (SSSR count). The highest BCUT2D eigenvalue weighted by molar-refractivity contribution is 7.07. The highest BCUT2D eigenvalue weighted by atomic mass is 32.1. The quantitative estimate of drug-likeness (QED) is 0.875. The predicted octanol–water partition coefficient (Wildman–Crippen LogP) is 3.34. The average molecular weight is 246 g/mol. The van der Waals surface area contributed by atoms with Crippen LogP contribution in [0.1, 0.15) is 29.8 Å². The van der Waals surface area contributed by atoms with Crippen molar-refractivity contribution >= 4 is 11.3 Å². The molecular formula is C14H18N2S. The number of hydrogen-bond acceptors (Lipinski definition) is 3. The first kappa shape index (κ1) is 12.3. The fourth-order valence-electron chi connectivity index (χ4n) is 2.02. The molecule has 90 valence electrons. The molecule has 17 heavy (non-hydrogen) atoms. The van der Waals surface area contributed by atoms with Gasteiger partial charge >= 0.3 is 0 Å². The monoisotopic (exact) mass is 246 g/mol. The van der Waals surface area contributed by atoms with Crippen LogP contribution >= 0.6 is 11.3 Å². The zero-order valence-electron chi connectivity index (χ0n) is 10.3. The summed E-state index contributed by atoms with van der Waals surface area (Å²) in [6.45, 7) is 5.23. The summed E-state index contributed by atoms with van der Waals surface area (Å²) in [4.78, 5) is 4.52. The second-order valence-corrected chi connectivity index (χ2v) is 4.93. The standard InChI is InChI=1S/C14H18N2S/c1-3-15-13(9-12-6-8-17-10-12)14-11(2)5-4-7-16-14/h4-8,10,13,15H,3,9H2,1-2H3. The minimum atomic E-state index is 0.316. The van der Waals surface area contributed by atoms with E-state index in [4.69, 9.17) is 0 Å². The van der Waals surface area contributed by atoms with Crippen LogP contribution in [0.25, 0.3) is 0 Å². The van der Waals surface area contributed by atoms with E-state index in [1.54, 1.807) is 11.3 Å². The molecule has 0 radical (unpaired) electrons. The van der Waals surface area contributed by atoms with Crippen LogP contribution in [0, 0.1) is 6.92 Å². The van der Waals surface area contributed by atoms with Crippen molar-refractivity contribution in [2.75, 3.05) is 6.54 Å². The van der Waals surface area contributed by atoms with Crippen molar-refractivity contribution in [1.82, 2.24) is 10.3 Å². The molecule has 0 saturated carbocycles. The SMILES string of the molecule is CCNC(Cc1ccsc1)c1ncccc1C. The fraction of sp³-hybridized carbons (Fsp3) is 0.357. The Bertz CT molecular complexity index is 451. The van der Waals surface area contributed by atoms with Crippen molar-refractivity contribution in [3.05, 3.63) is 52.0 Å². The van der Waals surface area contributed by atoms with Gasteiger partial charge in [-0.2, -0.15) is 11.3 Å². The Kier molecular flexibility index (Phi) is 4.29. The number of aryl methyl sites for hydroxylation is 1. The third-order valence-corrected chi connectivity index (χ3v) is 3.58. The Hall–Kier alpha value is -1.19. The van der Waals surface area contributed by atoms with E-state index in [2.05, 4.69) is 47.0 Å². The summed E-state index contributed by atoms with van der Waals surface area (Å²) in [5, 5.41) is 7.86. The van der Waals surface area contributed by atoms with Crippen molar-refractivity contribution in [2.45, 2.75) is 26.3 Å². The van der Waals surface area contributed by atoms with E-state index >= 15 is 0 Å². The van der Waals surface area contributed by atoms with Crippen LogP contribution in [0.5, 0.6) is 0 Å². The lowest BCUT2D eigenvalue weighted by Crippen LogP contribution is -2.24. The minimum absolute atomic E-state index is 0.316. The maximum Gasteiger partial charge on any atom is 0.0605 e. The van der Waals surface area contributed by atoms with Gasteiger partial charge in [-0.25, -0.2) is 0 Å². The van der Waals surface area contributed by atoms with Gasteiger partial charge < -0.3 is 5.32 Å². The second kappa shape index (κ2) is 5.94. The fourth-order valence-corrected chi connectivity index (χ4v) is 2.70. The largest absolute Gasteiger partial charge is 0.309 e. The highest BCUT2D eigenvalue weighted by Crippen LogP contribution is 2.20. The van der Waals surface area contributed by atoms with Gasteiger partial charge in [0.25, 0.3) is 0 Å². The second-order valence-electron chi connectivity index (χ2n) is 4.15. The molecule has 0 spiro atoms. The summed E-state index contributed by atoms with van der Waals surface area (Å²) in [7, 11) is 0. The van der Waals surface area contributed by atoms with Gasteiger partial charge in [0.1, 0.15) is 0 Å². The molecule has 0 aliphatic carbocycles. The summed E-state index contributed by atoms with van der Waals surface area (Å²) in [6, 6.07) is 6.62. The Morgan fingerprint density at radius 1 is 1.41 bits per heavy atom. The zero-order valence-corrected chi connectivity index (χ0v) is 11.1. The maximum absolute atomic E-state index is 4.52. The van der Waals surface area contributed by atoms with E-state index in [1.165, 1.54) is 16.8 Å². The van der Waals surface area contributed by atoms with Crippen molar-refractivity contribution < 1.29 is 0 Å². The molecule has 3 heteroatoms. The van der Waals surface area contributed by atoms with Gasteiger partial charge in [-0.1, -0.05) is 13.0 Å². The van der Waals surface area contributed by atoms with Gasteiger partial charge in [0.05, 0.1) is 11.7 Å². The Balaban J connectivity index is 2.20. The number of nitrogens with one attached hydrogen (secondary N) is 1. The molecule has 2 aromatic rings. The van der Waals surface area contributed by atoms with Crippen molar-refractivity contribution in [3.63, 3.8) is 0 Å². The number of aromatic nitrogens is 1. The molecular weight excluding hydrogens is 228 g/mol.